The minimum Gasteiger partial charge on any atom is -0.389 e. The number of carbonyl (C=O) groups is 2. The summed E-state index contributed by atoms with van der Waals surface area (Å²) in [4.78, 5) is 31.8. The van der Waals surface area contributed by atoms with Gasteiger partial charge < -0.3 is 20.3 Å². The number of thiophene rings is 1. The van der Waals surface area contributed by atoms with E-state index in [1.165, 1.54) is 11.3 Å². The van der Waals surface area contributed by atoms with Crippen molar-refractivity contribution in [3.8, 4) is 12.3 Å². The predicted octanol–water partition coefficient (Wildman–Crippen LogP) is 1.75. The Bertz CT molecular complexity index is 1030. The molecule has 142 valence electrons. The number of terminal acetylenes is 1. The summed E-state index contributed by atoms with van der Waals surface area (Å²) in [7, 11) is 0. The van der Waals surface area contributed by atoms with Crippen molar-refractivity contribution >= 4 is 33.4 Å². The Hall–Kier alpha value is -3.08. The molecule has 0 spiro atoms. The van der Waals surface area contributed by atoms with E-state index < -0.39 is 12.1 Å². The highest BCUT2D eigenvalue weighted by molar-refractivity contribution is 7.19. The van der Waals surface area contributed by atoms with E-state index in [4.69, 9.17) is 6.42 Å². The monoisotopic (exact) mass is 393 g/mol. The zero-order chi connectivity index (χ0) is 19.7. The number of amides is 2. The van der Waals surface area contributed by atoms with Crippen LogP contribution in [-0.2, 0) is 11.2 Å². The van der Waals surface area contributed by atoms with Crippen molar-refractivity contribution in [2.45, 2.75) is 18.6 Å². The van der Waals surface area contributed by atoms with Crippen LogP contribution in [-0.4, -0.2) is 52.0 Å². The van der Waals surface area contributed by atoms with Gasteiger partial charge in [-0.25, -0.2) is 0 Å². The van der Waals surface area contributed by atoms with Crippen LogP contribution in [0.1, 0.15) is 20.9 Å². The molecule has 0 radical (unpaired) electrons. The first-order valence-corrected chi connectivity index (χ1v) is 9.76. The standard InChI is InChI=1S/C21H19N3O3S/c1-2-16-9-14-10-17(23-20(14)28-16)19(26)22-18(8-13-6-4-3-5-7-13)21(27)24-11-15(25)12-24/h1,3-7,9-10,15,18,23,25H,8,11-12H2,(H,22,26)/t18-/m0/s1. The lowest BCUT2D eigenvalue weighted by Gasteiger charge is -2.38. The van der Waals surface area contributed by atoms with Gasteiger partial charge in [-0.1, -0.05) is 36.3 Å². The largest absolute Gasteiger partial charge is 0.389 e. The van der Waals surface area contributed by atoms with Crippen LogP contribution in [0.2, 0.25) is 0 Å². The van der Waals surface area contributed by atoms with E-state index in [-0.39, 0.29) is 11.8 Å². The number of benzene rings is 1. The van der Waals surface area contributed by atoms with Gasteiger partial charge in [0.25, 0.3) is 5.91 Å². The number of aliphatic hydroxyl groups is 1. The number of likely N-dealkylation sites (tertiary alicyclic amines) is 1. The third-order valence-corrected chi connectivity index (χ3v) is 5.75. The van der Waals surface area contributed by atoms with Crippen molar-refractivity contribution in [1.29, 1.82) is 0 Å². The summed E-state index contributed by atoms with van der Waals surface area (Å²) in [5.41, 5.74) is 1.34. The lowest BCUT2D eigenvalue weighted by Crippen LogP contribution is -2.59. The van der Waals surface area contributed by atoms with Gasteiger partial charge in [0, 0.05) is 24.9 Å². The van der Waals surface area contributed by atoms with E-state index in [0.29, 0.717) is 25.2 Å². The second kappa shape index (κ2) is 7.50. The maximum absolute atomic E-state index is 12.8. The molecule has 6 nitrogen and oxygen atoms in total. The zero-order valence-electron chi connectivity index (χ0n) is 15.0. The molecule has 1 aliphatic heterocycles. The van der Waals surface area contributed by atoms with Crippen molar-refractivity contribution in [3.05, 3.63) is 58.6 Å². The van der Waals surface area contributed by atoms with Crippen LogP contribution in [0.25, 0.3) is 10.2 Å². The van der Waals surface area contributed by atoms with Gasteiger partial charge in [-0.05, 0) is 17.7 Å². The maximum Gasteiger partial charge on any atom is 0.268 e. The topological polar surface area (TPSA) is 85.4 Å². The number of aromatic amines is 1. The van der Waals surface area contributed by atoms with E-state index in [9.17, 15) is 14.7 Å². The number of nitrogens with one attached hydrogen (secondary N) is 2. The lowest BCUT2D eigenvalue weighted by molar-refractivity contribution is -0.143. The molecule has 1 atom stereocenters. The first-order valence-electron chi connectivity index (χ1n) is 8.94. The molecule has 3 heterocycles. The molecule has 2 aromatic heterocycles. The molecule has 0 saturated carbocycles. The molecule has 2 amide bonds. The third-order valence-electron chi connectivity index (χ3n) is 4.76. The number of fused-ring (bicyclic) bond motifs is 1. The van der Waals surface area contributed by atoms with Crippen LogP contribution < -0.4 is 5.32 Å². The van der Waals surface area contributed by atoms with Crippen LogP contribution >= 0.6 is 11.3 Å². The number of aliphatic hydroxyl groups excluding tert-OH is 1. The number of H-pyrrole nitrogens is 1. The molecule has 0 unspecified atom stereocenters. The summed E-state index contributed by atoms with van der Waals surface area (Å²) >= 11 is 1.41. The van der Waals surface area contributed by atoms with Crippen LogP contribution in [0.4, 0.5) is 0 Å². The predicted molar refractivity (Wildman–Crippen MR) is 108 cm³/mol. The van der Waals surface area contributed by atoms with Gasteiger partial charge in [0.15, 0.2) is 0 Å². The Kier molecular flexibility index (Phi) is 4.90. The second-order valence-corrected chi connectivity index (χ2v) is 7.89. The van der Waals surface area contributed by atoms with Crippen LogP contribution in [0, 0.1) is 12.3 Å². The Balaban J connectivity index is 1.52. The molecule has 7 heteroatoms. The van der Waals surface area contributed by atoms with E-state index in [0.717, 1.165) is 20.7 Å². The second-order valence-electron chi connectivity index (χ2n) is 6.84. The quantitative estimate of drug-likeness (QED) is 0.578. The summed E-state index contributed by atoms with van der Waals surface area (Å²) in [6.45, 7) is 0.597. The molecule has 3 N–H and O–H groups in total. The molecule has 28 heavy (non-hydrogen) atoms. The number of hydrogen-bond acceptors (Lipinski definition) is 4. The van der Waals surface area contributed by atoms with Gasteiger partial charge in [-0.15, -0.1) is 17.8 Å². The fraction of sp³-hybridized carbons (Fsp3) is 0.238. The third kappa shape index (κ3) is 3.65. The van der Waals surface area contributed by atoms with E-state index in [1.54, 1.807) is 11.0 Å². The highest BCUT2D eigenvalue weighted by atomic mass is 32.1. The molecule has 1 saturated heterocycles. The summed E-state index contributed by atoms with van der Waals surface area (Å²) in [5, 5.41) is 13.2. The number of rotatable bonds is 5. The summed E-state index contributed by atoms with van der Waals surface area (Å²) in [5.74, 6) is 2.05. The van der Waals surface area contributed by atoms with Crippen molar-refractivity contribution in [2.24, 2.45) is 0 Å². The fourth-order valence-electron chi connectivity index (χ4n) is 3.26. The normalized spacial score (nSPS) is 15.1. The fourth-order valence-corrected chi connectivity index (χ4v) is 4.12. The van der Waals surface area contributed by atoms with Crippen molar-refractivity contribution < 1.29 is 14.7 Å². The minimum atomic E-state index is -0.704. The smallest absolute Gasteiger partial charge is 0.268 e. The summed E-state index contributed by atoms with van der Waals surface area (Å²) < 4.78 is 0. The SMILES string of the molecule is C#Cc1cc2cc(C(=O)N[C@@H](Cc3ccccc3)C(=O)N3CC(O)C3)[nH]c2s1. The zero-order valence-corrected chi connectivity index (χ0v) is 15.8. The van der Waals surface area contributed by atoms with Crippen LogP contribution in [0.3, 0.4) is 0 Å². The minimum absolute atomic E-state index is 0.189. The Labute approximate surface area is 166 Å². The van der Waals surface area contributed by atoms with Gasteiger partial charge in [0.2, 0.25) is 5.91 Å². The highest BCUT2D eigenvalue weighted by Gasteiger charge is 2.34. The number of β-amino-alcohol motifs (C(OH)–C–C–N with tert-alkyl or cyclic N) is 1. The number of carbonyl (C=O) groups excluding carboxylic acids is 2. The van der Waals surface area contributed by atoms with Gasteiger partial charge in [-0.2, -0.15) is 0 Å². The van der Waals surface area contributed by atoms with Gasteiger partial charge in [0.1, 0.15) is 16.6 Å². The van der Waals surface area contributed by atoms with E-state index in [2.05, 4.69) is 16.2 Å². The Morgan fingerprint density at radius 2 is 2.07 bits per heavy atom. The van der Waals surface area contributed by atoms with Crippen LogP contribution in [0.15, 0.2) is 42.5 Å². The van der Waals surface area contributed by atoms with E-state index >= 15 is 0 Å². The average molecular weight is 393 g/mol. The Morgan fingerprint density at radius 1 is 1.32 bits per heavy atom. The Morgan fingerprint density at radius 3 is 2.71 bits per heavy atom. The first kappa shape index (κ1) is 18.3. The molecule has 1 fully saturated rings. The molecular weight excluding hydrogens is 374 g/mol. The molecule has 1 aromatic carbocycles. The number of hydrogen-bond donors (Lipinski definition) is 3. The van der Waals surface area contributed by atoms with Gasteiger partial charge in [0.05, 0.1) is 11.0 Å². The number of nitrogens with zero attached hydrogens (tertiary/aromatic N) is 1. The van der Waals surface area contributed by atoms with E-state index in [1.807, 2.05) is 36.4 Å². The molecular formula is C21H19N3O3S. The van der Waals surface area contributed by atoms with Crippen molar-refractivity contribution in [2.75, 3.05) is 13.1 Å². The van der Waals surface area contributed by atoms with Crippen molar-refractivity contribution in [3.63, 3.8) is 0 Å². The lowest BCUT2D eigenvalue weighted by atomic mass is 10.0. The summed E-state index contributed by atoms with van der Waals surface area (Å²) in [6.07, 6.45) is 5.30. The molecule has 4 rings (SSSR count). The van der Waals surface area contributed by atoms with Crippen LogP contribution in [0.5, 0.6) is 0 Å². The summed E-state index contributed by atoms with van der Waals surface area (Å²) in [6, 6.07) is 12.4. The number of aromatic nitrogens is 1. The van der Waals surface area contributed by atoms with Gasteiger partial charge in [-0.3, -0.25) is 9.59 Å². The highest BCUT2D eigenvalue weighted by Crippen LogP contribution is 2.25. The molecule has 0 aliphatic carbocycles. The maximum atomic E-state index is 12.8. The average Bonchev–Trinajstić information content (AvgIpc) is 3.24. The molecule has 0 bridgehead atoms. The molecule has 1 aliphatic rings. The molecule has 3 aromatic rings. The van der Waals surface area contributed by atoms with Gasteiger partial charge >= 0.3 is 0 Å². The first-order chi connectivity index (χ1) is 13.5. The van der Waals surface area contributed by atoms with Crippen molar-refractivity contribution in [1.82, 2.24) is 15.2 Å².